The molecule has 0 saturated carbocycles. The van der Waals surface area contributed by atoms with Crippen molar-refractivity contribution in [1.29, 1.82) is 10.8 Å². The first-order valence-electron chi connectivity index (χ1n) is 16.2. The maximum atomic E-state index is 8.51. The quantitative estimate of drug-likeness (QED) is 0.0876. The van der Waals surface area contributed by atoms with Crippen LogP contribution in [0.1, 0.15) is 11.1 Å². The van der Waals surface area contributed by atoms with Gasteiger partial charge in [0.1, 0.15) is 34.7 Å². The van der Waals surface area contributed by atoms with Crippen molar-refractivity contribution < 1.29 is 9.47 Å². The number of hydrogen-bond donors (Lipinski definition) is 4. The molecule has 7 aromatic carbocycles. The van der Waals surface area contributed by atoms with Gasteiger partial charge in [-0.2, -0.15) is 0 Å². The summed E-state index contributed by atoms with van der Waals surface area (Å²) in [5.74, 6) is 3.37. The molecule has 0 amide bonds. The Morgan fingerprint density at radius 2 is 0.600 bits per heavy atom. The van der Waals surface area contributed by atoms with Gasteiger partial charge in [-0.3, -0.25) is 10.8 Å². The normalized spacial score (nSPS) is 10.6. The van der Waals surface area contributed by atoms with E-state index in [0.717, 1.165) is 44.8 Å². The highest BCUT2D eigenvalue weighted by Crippen LogP contribution is 2.29. The number of rotatable bonds is 10. The predicted octanol–water partition coefficient (Wildman–Crippen LogP) is 11.5. The van der Waals surface area contributed by atoms with E-state index < -0.39 is 0 Å². The zero-order valence-electron chi connectivity index (χ0n) is 27.1. The van der Waals surface area contributed by atoms with Crippen molar-refractivity contribution in [3.05, 3.63) is 193 Å². The van der Waals surface area contributed by atoms with E-state index in [4.69, 9.17) is 20.3 Å². The van der Waals surface area contributed by atoms with Crippen molar-refractivity contribution in [2.24, 2.45) is 0 Å². The summed E-state index contributed by atoms with van der Waals surface area (Å²) in [6, 6.07) is 58.8. The molecule has 7 rings (SSSR count). The summed E-state index contributed by atoms with van der Waals surface area (Å²) in [7, 11) is 0. The van der Waals surface area contributed by atoms with E-state index in [-0.39, 0.29) is 0 Å². The molecule has 7 aromatic rings. The summed E-state index contributed by atoms with van der Waals surface area (Å²) in [4.78, 5) is 0. The molecule has 6 heteroatoms. The van der Waals surface area contributed by atoms with Gasteiger partial charge in [-0.1, -0.05) is 109 Å². The van der Waals surface area contributed by atoms with Crippen molar-refractivity contribution in [2.75, 3.05) is 10.6 Å². The summed E-state index contributed by atoms with van der Waals surface area (Å²) in [5, 5.41) is 23.3. The number of amidine groups is 2. The largest absolute Gasteiger partial charge is 0.457 e. The lowest BCUT2D eigenvalue weighted by Gasteiger charge is -2.12. The van der Waals surface area contributed by atoms with Crippen molar-refractivity contribution in [2.45, 2.75) is 0 Å². The van der Waals surface area contributed by atoms with Gasteiger partial charge in [-0.25, -0.2) is 0 Å². The van der Waals surface area contributed by atoms with Crippen LogP contribution in [0, 0.1) is 10.8 Å². The fourth-order valence-corrected chi connectivity index (χ4v) is 5.41. The zero-order chi connectivity index (χ0) is 34.1. The second kappa shape index (κ2) is 14.9. The van der Waals surface area contributed by atoms with Gasteiger partial charge >= 0.3 is 0 Å². The standard InChI is InChI=1S/C44H34N4O2/c45-43(35-15-11-33(12-16-35)31-7-3-1-4-8-31)47-37-19-23-39(24-20-37)49-41-27-29-42(30-28-41)50-40-25-21-38(22-26-40)48-44(46)36-17-13-34(14-18-36)32-9-5-2-6-10-32/h1-30H,(H2,45,47)(H2,46,48). The molecular weight excluding hydrogens is 617 g/mol. The van der Waals surface area contributed by atoms with Gasteiger partial charge in [0.2, 0.25) is 0 Å². The smallest absolute Gasteiger partial charge is 0.129 e. The van der Waals surface area contributed by atoms with Crippen LogP contribution in [0.25, 0.3) is 22.3 Å². The van der Waals surface area contributed by atoms with E-state index in [0.29, 0.717) is 34.7 Å². The molecule has 0 atom stereocenters. The first kappa shape index (κ1) is 31.7. The van der Waals surface area contributed by atoms with Crippen LogP contribution >= 0.6 is 0 Å². The van der Waals surface area contributed by atoms with Gasteiger partial charge in [-0.15, -0.1) is 0 Å². The number of benzene rings is 7. The number of nitrogens with one attached hydrogen (secondary N) is 4. The molecule has 0 saturated heterocycles. The monoisotopic (exact) mass is 650 g/mol. The molecule has 242 valence electrons. The molecule has 0 fully saturated rings. The third-order valence-electron chi connectivity index (χ3n) is 8.10. The molecule has 0 spiro atoms. The van der Waals surface area contributed by atoms with E-state index >= 15 is 0 Å². The third-order valence-corrected chi connectivity index (χ3v) is 8.10. The van der Waals surface area contributed by atoms with Gasteiger partial charge in [0, 0.05) is 22.5 Å². The third kappa shape index (κ3) is 7.95. The van der Waals surface area contributed by atoms with Crippen LogP contribution in [0.2, 0.25) is 0 Å². The molecule has 0 unspecified atom stereocenters. The number of hydrogen-bond acceptors (Lipinski definition) is 4. The molecular formula is C44H34N4O2. The van der Waals surface area contributed by atoms with Crippen LogP contribution in [0.4, 0.5) is 11.4 Å². The Labute approximate surface area is 291 Å². The molecule has 0 aliphatic rings. The minimum absolute atomic E-state index is 0.323. The second-order valence-corrected chi connectivity index (χ2v) is 11.6. The van der Waals surface area contributed by atoms with E-state index in [1.165, 1.54) is 0 Å². The summed E-state index contributed by atoms with van der Waals surface area (Å²) in [6.07, 6.45) is 0. The minimum Gasteiger partial charge on any atom is -0.457 e. The predicted molar refractivity (Wildman–Crippen MR) is 204 cm³/mol. The van der Waals surface area contributed by atoms with Gasteiger partial charge in [0.05, 0.1) is 0 Å². The van der Waals surface area contributed by atoms with E-state index in [2.05, 4.69) is 34.9 Å². The van der Waals surface area contributed by atoms with Gasteiger partial charge in [-0.05, 0) is 95.1 Å². The SMILES string of the molecule is N=C(Nc1ccc(Oc2ccc(Oc3ccc(NC(=N)c4ccc(-c5ccccc5)cc4)cc3)cc2)cc1)c1ccc(-c2ccccc2)cc1. The number of ether oxygens (including phenoxy) is 2. The van der Waals surface area contributed by atoms with Gasteiger partial charge < -0.3 is 20.1 Å². The van der Waals surface area contributed by atoms with Crippen molar-refractivity contribution in [1.82, 2.24) is 0 Å². The molecule has 0 aliphatic heterocycles. The van der Waals surface area contributed by atoms with Gasteiger partial charge in [0.15, 0.2) is 0 Å². The zero-order valence-corrected chi connectivity index (χ0v) is 27.1. The lowest BCUT2D eigenvalue weighted by atomic mass is 10.0. The van der Waals surface area contributed by atoms with Crippen molar-refractivity contribution in [3.8, 4) is 45.3 Å². The summed E-state index contributed by atoms with van der Waals surface area (Å²) < 4.78 is 12.1. The highest BCUT2D eigenvalue weighted by molar-refractivity contribution is 6.07. The minimum atomic E-state index is 0.323. The van der Waals surface area contributed by atoms with E-state index in [1.54, 1.807) is 0 Å². The van der Waals surface area contributed by atoms with Crippen LogP contribution in [-0.2, 0) is 0 Å². The maximum absolute atomic E-state index is 8.51. The Balaban J connectivity index is 0.885. The first-order chi connectivity index (χ1) is 24.6. The second-order valence-electron chi connectivity index (χ2n) is 11.6. The highest BCUT2D eigenvalue weighted by Gasteiger charge is 2.07. The van der Waals surface area contributed by atoms with Crippen LogP contribution in [0.15, 0.2) is 182 Å². The molecule has 50 heavy (non-hydrogen) atoms. The summed E-state index contributed by atoms with van der Waals surface area (Å²) in [6.45, 7) is 0. The lowest BCUT2D eigenvalue weighted by molar-refractivity contribution is 0.469. The average molecular weight is 651 g/mol. The average Bonchev–Trinajstić information content (AvgIpc) is 3.18. The molecule has 0 aliphatic carbocycles. The van der Waals surface area contributed by atoms with Crippen molar-refractivity contribution in [3.63, 3.8) is 0 Å². The summed E-state index contributed by atoms with van der Waals surface area (Å²) >= 11 is 0. The molecule has 6 nitrogen and oxygen atoms in total. The first-order valence-corrected chi connectivity index (χ1v) is 16.2. The van der Waals surface area contributed by atoms with Crippen molar-refractivity contribution >= 4 is 23.0 Å². The fourth-order valence-electron chi connectivity index (χ4n) is 5.41. The summed E-state index contributed by atoms with van der Waals surface area (Å²) in [5.41, 5.74) is 7.74. The Bertz CT molecular complexity index is 2020. The fraction of sp³-hybridized carbons (Fsp3) is 0. The molecule has 0 heterocycles. The lowest BCUT2D eigenvalue weighted by Crippen LogP contribution is -2.11. The highest BCUT2D eigenvalue weighted by atomic mass is 16.5. The Hall–Kier alpha value is -6.92. The van der Waals surface area contributed by atoms with Crippen LogP contribution in [0.3, 0.4) is 0 Å². The van der Waals surface area contributed by atoms with E-state index in [9.17, 15) is 0 Å². The topological polar surface area (TPSA) is 90.2 Å². The van der Waals surface area contributed by atoms with Gasteiger partial charge in [0.25, 0.3) is 0 Å². The van der Waals surface area contributed by atoms with E-state index in [1.807, 2.05) is 158 Å². The maximum Gasteiger partial charge on any atom is 0.129 e. The Kier molecular flexibility index (Phi) is 9.42. The number of anilines is 2. The molecule has 4 N–H and O–H groups in total. The van der Waals surface area contributed by atoms with Crippen LogP contribution in [-0.4, -0.2) is 11.7 Å². The van der Waals surface area contributed by atoms with Crippen LogP contribution < -0.4 is 20.1 Å². The Morgan fingerprint density at radius 1 is 0.320 bits per heavy atom. The molecule has 0 bridgehead atoms. The van der Waals surface area contributed by atoms with Crippen LogP contribution in [0.5, 0.6) is 23.0 Å². The molecule has 0 aromatic heterocycles. The Morgan fingerprint density at radius 3 is 0.920 bits per heavy atom. The molecule has 0 radical (unpaired) electrons.